The quantitative estimate of drug-likeness (QED) is 0.550. The van der Waals surface area contributed by atoms with Gasteiger partial charge in [-0.05, 0) is 41.8 Å². The third kappa shape index (κ3) is 2.08. The first-order valence-electron chi connectivity index (χ1n) is 6.42. The summed E-state index contributed by atoms with van der Waals surface area (Å²) in [4.78, 5) is 8.40. The van der Waals surface area contributed by atoms with E-state index in [1.807, 2.05) is 36.4 Å². The molecule has 2 N–H and O–H groups in total. The van der Waals surface area contributed by atoms with E-state index in [2.05, 4.69) is 25.5 Å². The zero-order chi connectivity index (χ0) is 14.2. The number of aromatic nitrogens is 4. The van der Waals surface area contributed by atoms with Crippen LogP contribution in [0.5, 0.6) is 0 Å². The van der Waals surface area contributed by atoms with E-state index in [1.54, 1.807) is 12.4 Å². The Balaban J connectivity index is 1.77. The molecule has 0 aliphatic carbocycles. The van der Waals surface area contributed by atoms with E-state index >= 15 is 0 Å². The van der Waals surface area contributed by atoms with E-state index < -0.39 is 0 Å². The first-order chi connectivity index (χ1) is 10.3. The number of halogens is 1. The molecule has 102 valence electrons. The second-order valence-electron chi connectivity index (χ2n) is 4.63. The summed E-state index contributed by atoms with van der Waals surface area (Å²) < 4.78 is 0. The zero-order valence-electron chi connectivity index (χ0n) is 10.8. The van der Waals surface area contributed by atoms with Crippen LogP contribution in [0, 0.1) is 0 Å². The second-order valence-corrected chi connectivity index (χ2v) is 4.99. The molecule has 1 aromatic carbocycles. The second kappa shape index (κ2) is 4.71. The van der Waals surface area contributed by atoms with Crippen molar-refractivity contribution in [2.45, 2.75) is 0 Å². The van der Waals surface area contributed by atoms with Crippen molar-refractivity contribution in [3.8, 4) is 0 Å². The van der Waals surface area contributed by atoms with Gasteiger partial charge in [-0.3, -0.25) is 10.1 Å². The molecule has 0 radical (unpaired) electrons. The zero-order valence-corrected chi connectivity index (χ0v) is 11.6. The number of hydrogen-bond acceptors (Lipinski definition) is 4. The molecule has 0 aliphatic heterocycles. The highest BCUT2D eigenvalue weighted by Gasteiger charge is 2.07. The van der Waals surface area contributed by atoms with Crippen molar-refractivity contribution in [3.63, 3.8) is 0 Å². The van der Waals surface area contributed by atoms with Gasteiger partial charge in [0, 0.05) is 23.5 Å². The minimum absolute atomic E-state index is 0.505. The maximum absolute atomic E-state index is 6.07. The Hall–Kier alpha value is -2.66. The molecule has 0 spiro atoms. The number of hydrogen-bond donors (Lipinski definition) is 2. The molecule has 3 aromatic heterocycles. The Labute approximate surface area is 125 Å². The van der Waals surface area contributed by atoms with E-state index in [4.69, 9.17) is 11.6 Å². The molecule has 0 saturated heterocycles. The van der Waals surface area contributed by atoms with Crippen molar-refractivity contribution >= 4 is 44.9 Å². The average molecular weight is 296 g/mol. The molecular formula is C15H10ClN5. The predicted molar refractivity (Wildman–Crippen MR) is 83.9 cm³/mol. The number of anilines is 2. The number of benzene rings is 1. The van der Waals surface area contributed by atoms with Gasteiger partial charge in [-0.2, -0.15) is 5.10 Å². The summed E-state index contributed by atoms with van der Waals surface area (Å²) in [5, 5.41) is 12.9. The number of fused-ring (bicyclic) bond motifs is 2. The normalized spacial score (nSPS) is 11.1. The lowest BCUT2D eigenvalue weighted by Crippen LogP contribution is -1.92. The van der Waals surface area contributed by atoms with E-state index in [0.717, 1.165) is 27.5 Å². The fraction of sp³-hybridized carbons (Fsp3) is 0. The molecule has 4 aromatic rings. The summed E-state index contributed by atoms with van der Waals surface area (Å²) in [7, 11) is 0. The summed E-state index contributed by atoms with van der Waals surface area (Å²) in [6.45, 7) is 0. The Morgan fingerprint density at radius 1 is 1.05 bits per heavy atom. The fourth-order valence-electron chi connectivity index (χ4n) is 2.30. The molecule has 21 heavy (non-hydrogen) atoms. The summed E-state index contributed by atoms with van der Waals surface area (Å²) >= 11 is 6.07. The Kier molecular flexibility index (Phi) is 2.72. The van der Waals surface area contributed by atoms with Gasteiger partial charge in [0.05, 0.1) is 5.52 Å². The fourth-order valence-corrected chi connectivity index (χ4v) is 2.52. The number of rotatable bonds is 2. The van der Waals surface area contributed by atoms with Gasteiger partial charge in [-0.25, -0.2) is 4.98 Å². The highest BCUT2D eigenvalue weighted by molar-refractivity contribution is 6.34. The van der Waals surface area contributed by atoms with Gasteiger partial charge in [0.2, 0.25) is 0 Å². The lowest BCUT2D eigenvalue weighted by molar-refractivity contribution is 1.12. The summed E-state index contributed by atoms with van der Waals surface area (Å²) in [6, 6.07) is 11.6. The van der Waals surface area contributed by atoms with Crippen molar-refractivity contribution in [2.75, 3.05) is 5.32 Å². The van der Waals surface area contributed by atoms with Crippen molar-refractivity contribution in [1.82, 2.24) is 20.2 Å². The molecule has 5 nitrogen and oxygen atoms in total. The molecule has 0 saturated carbocycles. The third-order valence-electron chi connectivity index (χ3n) is 3.30. The molecule has 0 bridgehead atoms. The highest BCUT2D eigenvalue weighted by Crippen LogP contribution is 2.27. The molecule has 3 heterocycles. The number of H-pyrrole nitrogens is 1. The first-order valence-corrected chi connectivity index (χ1v) is 6.79. The van der Waals surface area contributed by atoms with Crippen LogP contribution in [0.4, 0.5) is 11.5 Å². The number of aromatic amines is 1. The molecule has 6 heteroatoms. The number of nitrogens with zero attached hydrogens (tertiary/aromatic N) is 3. The maximum Gasteiger partial charge on any atom is 0.178 e. The van der Waals surface area contributed by atoms with E-state index in [-0.39, 0.29) is 0 Å². The smallest absolute Gasteiger partial charge is 0.178 e. The summed E-state index contributed by atoms with van der Waals surface area (Å²) in [5.74, 6) is 0.699. The van der Waals surface area contributed by atoms with Crippen LogP contribution >= 0.6 is 11.6 Å². The third-order valence-corrected chi connectivity index (χ3v) is 3.60. The summed E-state index contributed by atoms with van der Waals surface area (Å²) in [5.41, 5.74) is 2.63. The monoisotopic (exact) mass is 295 g/mol. The van der Waals surface area contributed by atoms with E-state index in [1.165, 1.54) is 0 Å². The van der Waals surface area contributed by atoms with E-state index in [0.29, 0.717) is 11.0 Å². The molecule has 0 unspecified atom stereocenters. The van der Waals surface area contributed by atoms with Crippen LogP contribution in [0.2, 0.25) is 5.15 Å². The van der Waals surface area contributed by atoms with Crippen LogP contribution in [-0.4, -0.2) is 20.2 Å². The van der Waals surface area contributed by atoms with Crippen molar-refractivity contribution in [3.05, 3.63) is 53.9 Å². The van der Waals surface area contributed by atoms with Crippen LogP contribution < -0.4 is 5.32 Å². The van der Waals surface area contributed by atoms with Gasteiger partial charge in [0.25, 0.3) is 0 Å². The topological polar surface area (TPSA) is 66.5 Å². The van der Waals surface area contributed by atoms with Crippen LogP contribution in [0.15, 0.2) is 48.8 Å². The van der Waals surface area contributed by atoms with Crippen molar-refractivity contribution in [1.29, 1.82) is 0 Å². The van der Waals surface area contributed by atoms with Crippen LogP contribution in [-0.2, 0) is 0 Å². The van der Waals surface area contributed by atoms with Gasteiger partial charge < -0.3 is 5.32 Å². The minimum Gasteiger partial charge on any atom is -0.337 e. The lowest BCUT2D eigenvalue weighted by atomic mass is 10.1. The van der Waals surface area contributed by atoms with Crippen molar-refractivity contribution in [2.24, 2.45) is 0 Å². The SMILES string of the molecule is Clc1nccc2cc(Nc3n[nH]c4cccnc34)ccc12. The van der Waals surface area contributed by atoms with Crippen LogP contribution in [0.25, 0.3) is 21.8 Å². The molecule has 0 atom stereocenters. The Morgan fingerprint density at radius 3 is 2.95 bits per heavy atom. The largest absolute Gasteiger partial charge is 0.337 e. The first kappa shape index (κ1) is 12.1. The predicted octanol–water partition coefficient (Wildman–Crippen LogP) is 3.90. The van der Waals surface area contributed by atoms with Crippen LogP contribution in [0.1, 0.15) is 0 Å². The van der Waals surface area contributed by atoms with Crippen molar-refractivity contribution < 1.29 is 0 Å². The molecule has 0 amide bonds. The molecule has 4 rings (SSSR count). The maximum atomic E-state index is 6.07. The molecule has 0 fully saturated rings. The average Bonchev–Trinajstić information content (AvgIpc) is 2.91. The van der Waals surface area contributed by atoms with Crippen LogP contribution in [0.3, 0.4) is 0 Å². The lowest BCUT2D eigenvalue weighted by Gasteiger charge is -2.05. The van der Waals surface area contributed by atoms with Gasteiger partial charge >= 0.3 is 0 Å². The molecular weight excluding hydrogens is 286 g/mol. The Morgan fingerprint density at radius 2 is 2.00 bits per heavy atom. The van der Waals surface area contributed by atoms with Gasteiger partial charge in [-0.1, -0.05) is 11.6 Å². The van der Waals surface area contributed by atoms with Gasteiger partial charge in [0.1, 0.15) is 10.7 Å². The molecule has 0 aliphatic rings. The van der Waals surface area contributed by atoms with E-state index in [9.17, 15) is 0 Å². The Bertz CT molecular complexity index is 947. The van der Waals surface area contributed by atoms with Gasteiger partial charge in [0.15, 0.2) is 5.82 Å². The minimum atomic E-state index is 0.505. The summed E-state index contributed by atoms with van der Waals surface area (Å²) in [6.07, 6.45) is 3.44. The number of nitrogens with one attached hydrogen (secondary N) is 2. The standard InChI is InChI=1S/C15H10ClN5/c16-14-11-4-3-10(8-9(11)5-7-18-14)19-15-13-12(20-21-15)2-1-6-17-13/h1-8H,(H2,19,20,21). The van der Waals surface area contributed by atoms with Gasteiger partial charge in [-0.15, -0.1) is 0 Å². The highest BCUT2D eigenvalue weighted by atomic mass is 35.5. The number of pyridine rings is 2.